The Morgan fingerprint density at radius 2 is 1.64 bits per heavy atom. The summed E-state index contributed by atoms with van der Waals surface area (Å²) in [4.78, 5) is 0. The van der Waals surface area contributed by atoms with Gasteiger partial charge in [-0.05, 0) is 13.8 Å². The van der Waals surface area contributed by atoms with Gasteiger partial charge in [0, 0.05) is 0 Å². The van der Waals surface area contributed by atoms with Crippen LogP contribution >= 0.6 is 0 Å². The second kappa shape index (κ2) is 4.52. The number of hydrogen-bond donors (Lipinski definition) is 4. The van der Waals surface area contributed by atoms with Crippen molar-refractivity contribution in [2.24, 2.45) is 0 Å². The number of hydrogen-bond acceptors (Lipinski definition) is 5. The van der Waals surface area contributed by atoms with E-state index < -0.39 is 30.0 Å². The van der Waals surface area contributed by atoms with E-state index >= 15 is 0 Å². The summed E-state index contributed by atoms with van der Waals surface area (Å²) >= 11 is 0. The lowest BCUT2D eigenvalue weighted by Gasteiger charge is -2.45. The molecule has 0 aliphatic carbocycles. The second-order valence-electron chi connectivity index (χ2n) is 3.87. The van der Waals surface area contributed by atoms with Crippen LogP contribution in [0.25, 0.3) is 0 Å². The van der Waals surface area contributed by atoms with Gasteiger partial charge in [-0.1, -0.05) is 0 Å². The van der Waals surface area contributed by atoms with E-state index in [1.165, 1.54) is 0 Å². The first-order valence-corrected chi connectivity index (χ1v) is 4.23. The average Bonchev–Trinajstić information content (AvgIpc) is 2.08. The van der Waals surface area contributed by atoms with Crippen LogP contribution < -0.4 is 0 Å². The minimum absolute atomic E-state index is 0. The summed E-state index contributed by atoms with van der Waals surface area (Å²) in [6.45, 7) is 2.80. The van der Waals surface area contributed by atoms with Gasteiger partial charge >= 0.3 is 0 Å². The maximum absolute atomic E-state index is 9.47. The van der Waals surface area contributed by atoms with E-state index in [0.717, 1.165) is 0 Å². The molecule has 6 N–H and O–H groups in total. The van der Waals surface area contributed by atoms with E-state index in [2.05, 4.69) is 0 Å². The fraction of sp³-hybridized carbons (Fsp3) is 1.00. The predicted octanol–water partition coefficient (Wildman–Crippen LogP) is -2.59. The molecule has 14 heavy (non-hydrogen) atoms. The highest BCUT2D eigenvalue weighted by molar-refractivity contribution is 4.96. The molecule has 0 bridgehead atoms. The summed E-state index contributed by atoms with van der Waals surface area (Å²) in [6.07, 6.45) is -4.51. The largest absolute Gasteiger partial charge is 0.412 e. The zero-order valence-corrected chi connectivity index (χ0v) is 8.21. The van der Waals surface area contributed by atoms with Crippen molar-refractivity contribution in [3.8, 4) is 0 Å². The van der Waals surface area contributed by atoms with Crippen molar-refractivity contribution in [2.75, 3.05) is 6.61 Å². The SMILES string of the molecule is CC1(C)OC(CO)[C@@H](O)[C@H](O)C1O.O. The van der Waals surface area contributed by atoms with Crippen LogP contribution in [-0.4, -0.2) is 62.5 Å². The van der Waals surface area contributed by atoms with Gasteiger partial charge in [0.2, 0.25) is 0 Å². The third-order valence-corrected chi connectivity index (χ3v) is 2.40. The fourth-order valence-corrected chi connectivity index (χ4v) is 1.49. The maximum Gasteiger partial charge on any atom is 0.111 e. The topological polar surface area (TPSA) is 122 Å². The minimum Gasteiger partial charge on any atom is -0.412 e. The summed E-state index contributed by atoms with van der Waals surface area (Å²) in [7, 11) is 0. The standard InChI is InChI=1S/C8H16O5.H2O/c1-8(2)7(12)6(11)5(10)4(3-9)13-8;/h4-7,9-12H,3H2,1-2H3;1H2/t4?,5-,6+,7?;/m1./s1. The predicted molar refractivity (Wildman–Crippen MR) is 47.7 cm³/mol. The normalized spacial score (nSPS) is 41.6. The molecule has 0 aromatic carbocycles. The summed E-state index contributed by atoms with van der Waals surface area (Å²) < 4.78 is 5.21. The van der Waals surface area contributed by atoms with Crippen LogP contribution in [0.15, 0.2) is 0 Å². The minimum atomic E-state index is -1.28. The van der Waals surface area contributed by atoms with E-state index in [1.54, 1.807) is 13.8 Å². The van der Waals surface area contributed by atoms with E-state index in [1.807, 2.05) is 0 Å². The molecule has 1 heterocycles. The second-order valence-corrected chi connectivity index (χ2v) is 3.87. The maximum atomic E-state index is 9.47. The third-order valence-electron chi connectivity index (χ3n) is 2.40. The Balaban J connectivity index is 0.00000169. The Morgan fingerprint density at radius 1 is 1.14 bits per heavy atom. The van der Waals surface area contributed by atoms with Crippen LogP contribution in [0.4, 0.5) is 0 Å². The highest BCUT2D eigenvalue weighted by atomic mass is 16.6. The third kappa shape index (κ3) is 2.22. The lowest BCUT2D eigenvalue weighted by molar-refractivity contribution is -0.262. The molecule has 4 atom stereocenters. The van der Waals surface area contributed by atoms with Crippen molar-refractivity contribution >= 4 is 0 Å². The number of aliphatic hydroxyl groups excluding tert-OH is 4. The fourth-order valence-electron chi connectivity index (χ4n) is 1.49. The van der Waals surface area contributed by atoms with E-state index in [9.17, 15) is 15.3 Å². The Kier molecular flexibility index (Phi) is 4.44. The quantitative estimate of drug-likeness (QED) is 0.378. The number of aliphatic hydroxyl groups is 4. The van der Waals surface area contributed by atoms with Crippen LogP contribution in [0, 0.1) is 0 Å². The van der Waals surface area contributed by atoms with Crippen LogP contribution in [0.1, 0.15) is 13.8 Å². The Morgan fingerprint density at radius 3 is 2.07 bits per heavy atom. The van der Waals surface area contributed by atoms with Gasteiger partial charge in [-0.15, -0.1) is 0 Å². The molecule has 86 valence electrons. The molecule has 1 fully saturated rings. The molecule has 6 nitrogen and oxygen atoms in total. The molecule has 0 aromatic rings. The van der Waals surface area contributed by atoms with Crippen molar-refractivity contribution in [2.45, 2.75) is 43.9 Å². The van der Waals surface area contributed by atoms with E-state index in [0.29, 0.717) is 0 Å². The Labute approximate surface area is 82.1 Å². The zero-order chi connectivity index (χ0) is 10.2. The van der Waals surface area contributed by atoms with E-state index in [-0.39, 0.29) is 12.1 Å². The highest BCUT2D eigenvalue weighted by Crippen LogP contribution is 2.28. The van der Waals surface area contributed by atoms with Crippen molar-refractivity contribution in [3.63, 3.8) is 0 Å². The lowest BCUT2D eigenvalue weighted by Crippen LogP contribution is -2.62. The summed E-state index contributed by atoms with van der Waals surface area (Å²) in [5.41, 5.74) is -0.952. The van der Waals surface area contributed by atoms with Gasteiger partial charge in [-0.2, -0.15) is 0 Å². The van der Waals surface area contributed by atoms with Crippen LogP contribution in [0.3, 0.4) is 0 Å². The first-order valence-electron chi connectivity index (χ1n) is 4.23. The highest BCUT2D eigenvalue weighted by Gasteiger charge is 2.47. The van der Waals surface area contributed by atoms with Gasteiger partial charge in [-0.3, -0.25) is 0 Å². The van der Waals surface area contributed by atoms with Crippen LogP contribution in [0.5, 0.6) is 0 Å². The number of ether oxygens (including phenoxy) is 1. The molecule has 0 spiro atoms. The van der Waals surface area contributed by atoms with Crippen molar-refractivity contribution in [1.82, 2.24) is 0 Å². The van der Waals surface area contributed by atoms with Gasteiger partial charge in [0.05, 0.1) is 12.2 Å². The Bertz CT molecular complexity index is 181. The van der Waals surface area contributed by atoms with Crippen molar-refractivity contribution in [1.29, 1.82) is 0 Å². The lowest BCUT2D eigenvalue weighted by atomic mass is 9.87. The van der Waals surface area contributed by atoms with Crippen molar-refractivity contribution < 1.29 is 30.6 Å². The zero-order valence-electron chi connectivity index (χ0n) is 8.21. The molecule has 1 aliphatic rings. The first-order chi connectivity index (χ1) is 5.90. The van der Waals surface area contributed by atoms with E-state index in [4.69, 9.17) is 9.84 Å². The number of rotatable bonds is 1. The molecule has 2 unspecified atom stereocenters. The summed E-state index contributed by atoms with van der Waals surface area (Å²) in [5, 5.41) is 37.0. The summed E-state index contributed by atoms with van der Waals surface area (Å²) in [6, 6.07) is 0. The van der Waals surface area contributed by atoms with Crippen LogP contribution in [-0.2, 0) is 4.74 Å². The molecular weight excluding hydrogens is 192 g/mol. The van der Waals surface area contributed by atoms with Gasteiger partial charge in [0.1, 0.15) is 24.4 Å². The van der Waals surface area contributed by atoms with Gasteiger partial charge in [0.25, 0.3) is 0 Å². The average molecular weight is 210 g/mol. The summed E-state index contributed by atoms with van der Waals surface area (Å²) in [5.74, 6) is 0. The molecule has 0 radical (unpaired) electrons. The smallest absolute Gasteiger partial charge is 0.111 e. The molecular formula is C8H18O6. The van der Waals surface area contributed by atoms with Crippen LogP contribution in [0.2, 0.25) is 0 Å². The van der Waals surface area contributed by atoms with Gasteiger partial charge in [-0.25, -0.2) is 0 Å². The molecule has 1 saturated heterocycles. The van der Waals surface area contributed by atoms with Gasteiger partial charge in [0.15, 0.2) is 0 Å². The first kappa shape index (κ1) is 13.8. The molecule has 1 aliphatic heterocycles. The molecule has 1 rings (SSSR count). The Hall–Kier alpha value is -0.240. The van der Waals surface area contributed by atoms with Gasteiger partial charge < -0.3 is 30.6 Å². The molecule has 0 amide bonds. The molecule has 0 saturated carbocycles. The molecule has 6 heteroatoms. The monoisotopic (exact) mass is 210 g/mol. The molecule has 0 aromatic heterocycles. The van der Waals surface area contributed by atoms with Crippen molar-refractivity contribution in [3.05, 3.63) is 0 Å².